The van der Waals surface area contributed by atoms with E-state index in [1.54, 1.807) is 0 Å². The van der Waals surface area contributed by atoms with E-state index in [1.807, 2.05) is 0 Å². The molecule has 0 atom stereocenters. The van der Waals surface area contributed by atoms with E-state index in [0.29, 0.717) is 0 Å². The molecule has 0 aliphatic carbocycles. The van der Waals surface area contributed by atoms with Crippen molar-refractivity contribution in [2.45, 2.75) is 13.3 Å². The number of rotatable bonds is 2. The van der Waals surface area contributed by atoms with Gasteiger partial charge < -0.3 is 4.40 Å². The zero-order valence-corrected chi connectivity index (χ0v) is 16.1. The SMILES string of the molecule is CCc1ccc(-c2cc3ccccc3c3cc4cc(Br)ccc4n23)cc1. The van der Waals surface area contributed by atoms with E-state index in [1.165, 1.54) is 44.0 Å². The quantitative estimate of drug-likeness (QED) is 0.294. The van der Waals surface area contributed by atoms with E-state index in [-0.39, 0.29) is 0 Å². The van der Waals surface area contributed by atoms with Crippen LogP contribution in [0.15, 0.2) is 83.3 Å². The van der Waals surface area contributed by atoms with Crippen LogP contribution in [0.4, 0.5) is 0 Å². The number of aromatic nitrogens is 1. The Morgan fingerprint density at radius 1 is 0.769 bits per heavy atom. The minimum Gasteiger partial charge on any atom is -0.309 e. The minimum absolute atomic E-state index is 1.06. The third-order valence-corrected chi connectivity index (χ3v) is 5.68. The van der Waals surface area contributed by atoms with Gasteiger partial charge >= 0.3 is 0 Å². The molecular weight excluding hydrogens is 382 g/mol. The lowest BCUT2D eigenvalue weighted by molar-refractivity contribution is 1.14. The van der Waals surface area contributed by atoms with E-state index in [2.05, 4.69) is 106 Å². The van der Waals surface area contributed by atoms with Crippen LogP contribution in [0, 0.1) is 0 Å². The van der Waals surface area contributed by atoms with Gasteiger partial charge in [0.05, 0.1) is 16.7 Å². The smallest absolute Gasteiger partial charge is 0.0547 e. The van der Waals surface area contributed by atoms with E-state index in [9.17, 15) is 0 Å². The summed E-state index contributed by atoms with van der Waals surface area (Å²) in [6.07, 6.45) is 1.06. The van der Waals surface area contributed by atoms with Crippen LogP contribution in [0.25, 0.3) is 38.4 Å². The summed E-state index contributed by atoms with van der Waals surface area (Å²) in [5.74, 6) is 0. The molecule has 0 unspecified atom stereocenters. The summed E-state index contributed by atoms with van der Waals surface area (Å²) in [6, 6.07) is 28.7. The molecule has 5 rings (SSSR count). The molecule has 1 nitrogen and oxygen atoms in total. The standard InChI is InChI=1S/C24H18BrN/c1-2-16-7-9-17(10-8-16)23-14-18-5-3-4-6-21(18)24-15-19-13-20(25)11-12-22(19)26(23)24/h3-15H,2H2,1H3. The number of hydrogen-bond acceptors (Lipinski definition) is 0. The second-order valence-electron chi connectivity index (χ2n) is 6.74. The Kier molecular flexibility index (Phi) is 3.61. The van der Waals surface area contributed by atoms with E-state index >= 15 is 0 Å². The van der Waals surface area contributed by atoms with Gasteiger partial charge in [-0.2, -0.15) is 0 Å². The molecule has 0 saturated heterocycles. The molecule has 0 fully saturated rings. The lowest BCUT2D eigenvalue weighted by Crippen LogP contribution is -1.93. The van der Waals surface area contributed by atoms with Gasteiger partial charge in [-0.3, -0.25) is 0 Å². The molecule has 2 aromatic heterocycles. The van der Waals surface area contributed by atoms with Crippen molar-refractivity contribution in [1.29, 1.82) is 0 Å². The molecule has 0 aliphatic heterocycles. The van der Waals surface area contributed by atoms with E-state index < -0.39 is 0 Å². The maximum absolute atomic E-state index is 3.61. The van der Waals surface area contributed by atoms with Crippen LogP contribution in [0.1, 0.15) is 12.5 Å². The first kappa shape index (κ1) is 15.7. The summed E-state index contributed by atoms with van der Waals surface area (Å²) in [4.78, 5) is 0. The van der Waals surface area contributed by atoms with Gasteiger partial charge in [0.25, 0.3) is 0 Å². The molecule has 3 aromatic carbocycles. The first-order valence-electron chi connectivity index (χ1n) is 8.96. The number of benzene rings is 3. The summed E-state index contributed by atoms with van der Waals surface area (Å²) < 4.78 is 3.50. The molecular formula is C24H18BrN. The fourth-order valence-corrected chi connectivity index (χ4v) is 4.21. The van der Waals surface area contributed by atoms with Crippen LogP contribution in [-0.4, -0.2) is 4.40 Å². The van der Waals surface area contributed by atoms with Gasteiger partial charge in [0, 0.05) is 15.2 Å². The monoisotopic (exact) mass is 399 g/mol. The molecule has 2 heterocycles. The van der Waals surface area contributed by atoms with E-state index in [4.69, 9.17) is 0 Å². The summed E-state index contributed by atoms with van der Waals surface area (Å²) in [5, 5.41) is 3.81. The summed E-state index contributed by atoms with van der Waals surface area (Å²) in [6.45, 7) is 2.19. The zero-order chi connectivity index (χ0) is 17.7. The average molecular weight is 400 g/mol. The molecule has 0 spiro atoms. The molecule has 5 aromatic rings. The molecule has 0 radical (unpaired) electrons. The van der Waals surface area contributed by atoms with Crippen molar-refractivity contribution in [3.05, 3.63) is 88.9 Å². The number of halogens is 1. The van der Waals surface area contributed by atoms with Gasteiger partial charge in [0.1, 0.15) is 0 Å². The van der Waals surface area contributed by atoms with Gasteiger partial charge in [0.2, 0.25) is 0 Å². The Hall–Kier alpha value is -2.58. The van der Waals surface area contributed by atoms with Gasteiger partial charge in [-0.25, -0.2) is 0 Å². The van der Waals surface area contributed by atoms with Gasteiger partial charge in [-0.05, 0) is 53.3 Å². The lowest BCUT2D eigenvalue weighted by Gasteiger charge is -2.12. The number of aryl methyl sites for hydroxylation is 1. The summed E-state index contributed by atoms with van der Waals surface area (Å²) in [7, 11) is 0. The number of pyridine rings is 1. The first-order valence-corrected chi connectivity index (χ1v) is 9.75. The highest BCUT2D eigenvalue weighted by molar-refractivity contribution is 9.10. The fraction of sp³-hybridized carbons (Fsp3) is 0.0833. The van der Waals surface area contributed by atoms with Crippen molar-refractivity contribution in [3.63, 3.8) is 0 Å². The number of hydrogen-bond donors (Lipinski definition) is 0. The van der Waals surface area contributed by atoms with E-state index in [0.717, 1.165) is 10.9 Å². The molecule has 0 saturated carbocycles. The van der Waals surface area contributed by atoms with Crippen LogP contribution in [0.5, 0.6) is 0 Å². The average Bonchev–Trinajstić information content (AvgIpc) is 3.06. The lowest BCUT2D eigenvalue weighted by atomic mass is 10.0. The Labute approximate surface area is 161 Å². The maximum atomic E-state index is 3.61. The predicted octanol–water partition coefficient (Wildman–Crippen LogP) is 7.24. The second kappa shape index (κ2) is 6.00. The van der Waals surface area contributed by atoms with Crippen LogP contribution in [-0.2, 0) is 6.42 Å². The number of nitrogens with zero attached hydrogens (tertiary/aromatic N) is 1. The summed E-state index contributed by atoms with van der Waals surface area (Å²) >= 11 is 3.61. The molecule has 0 N–H and O–H groups in total. The Bertz CT molecular complexity index is 1260. The normalized spacial score (nSPS) is 11.6. The van der Waals surface area contributed by atoms with Crippen molar-refractivity contribution in [2.24, 2.45) is 0 Å². The maximum Gasteiger partial charge on any atom is 0.0547 e. The van der Waals surface area contributed by atoms with Crippen LogP contribution in [0.2, 0.25) is 0 Å². The molecule has 0 amide bonds. The third kappa shape index (κ3) is 2.37. The van der Waals surface area contributed by atoms with Crippen molar-refractivity contribution in [2.75, 3.05) is 0 Å². The molecule has 0 bridgehead atoms. The van der Waals surface area contributed by atoms with Gasteiger partial charge in [-0.1, -0.05) is 71.4 Å². The Balaban J connectivity index is 1.94. The largest absolute Gasteiger partial charge is 0.309 e. The summed E-state index contributed by atoms with van der Waals surface area (Å²) in [5.41, 5.74) is 6.35. The number of fused-ring (bicyclic) bond motifs is 5. The molecule has 126 valence electrons. The molecule has 0 aliphatic rings. The van der Waals surface area contributed by atoms with Gasteiger partial charge in [-0.15, -0.1) is 0 Å². The van der Waals surface area contributed by atoms with Crippen LogP contribution < -0.4 is 0 Å². The fourth-order valence-electron chi connectivity index (χ4n) is 3.84. The second-order valence-corrected chi connectivity index (χ2v) is 7.65. The highest BCUT2D eigenvalue weighted by Crippen LogP contribution is 2.34. The van der Waals surface area contributed by atoms with Crippen molar-refractivity contribution < 1.29 is 0 Å². The van der Waals surface area contributed by atoms with Gasteiger partial charge in [0.15, 0.2) is 0 Å². The minimum atomic E-state index is 1.06. The topological polar surface area (TPSA) is 4.41 Å². The van der Waals surface area contributed by atoms with Crippen molar-refractivity contribution >= 4 is 43.1 Å². The van der Waals surface area contributed by atoms with Crippen molar-refractivity contribution in [1.82, 2.24) is 4.40 Å². The molecule has 2 heteroatoms. The third-order valence-electron chi connectivity index (χ3n) is 5.19. The van der Waals surface area contributed by atoms with Crippen LogP contribution >= 0.6 is 15.9 Å². The first-order chi connectivity index (χ1) is 12.7. The molecule has 26 heavy (non-hydrogen) atoms. The zero-order valence-electron chi connectivity index (χ0n) is 14.5. The Morgan fingerprint density at radius 2 is 1.58 bits per heavy atom. The predicted molar refractivity (Wildman–Crippen MR) is 115 cm³/mol. The van der Waals surface area contributed by atoms with Crippen molar-refractivity contribution in [3.8, 4) is 11.3 Å². The van der Waals surface area contributed by atoms with Crippen LogP contribution in [0.3, 0.4) is 0 Å². The Morgan fingerprint density at radius 3 is 2.38 bits per heavy atom. The highest BCUT2D eigenvalue weighted by Gasteiger charge is 2.12. The highest BCUT2D eigenvalue weighted by atomic mass is 79.9.